The smallest absolute Gasteiger partial charge is 0.179 e. The molecule has 14 heavy (non-hydrogen) atoms. The van der Waals surface area contributed by atoms with Crippen molar-refractivity contribution in [2.24, 2.45) is 0 Å². The van der Waals surface area contributed by atoms with Crippen LogP contribution in [0.25, 0.3) is 10.1 Å². The van der Waals surface area contributed by atoms with E-state index >= 15 is 0 Å². The van der Waals surface area contributed by atoms with E-state index in [1.807, 2.05) is 18.4 Å². The quantitative estimate of drug-likeness (QED) is 0.771. The average molecular weight is 228 g/mol. The van der Waals surface area contributed by atoms with E-state index in [4.69, 9.17) is 4.74 Å². The molecular weight excluding hydrogens is 219 g/mol. The number of ether oxygens (including phenoxy) is 1. The molecule has 0 aliphatic carbocycles. The second kappa shape index (κ2) is 3.79. The van der Waals surface area contributed by atoms with Crippen LogP contribution in [0, 0.1) is 5.82 Å². The maximum atomic E-state index is 13.6. The van der Waals surface area contributed by atoms with Gasteiger partial charge in [0.05, 0.1) is 11.5 Å². The summed E-state index contributed by atoms with van der Waals surface area (Å²) in [4.78, 5) is 0.368. The maximum Gasteiger partial charge on any atom is 0.179 e. The third-order valence-electron chi connectivity index (χ3n) is 1.94. The molecule has 0 aliphatic rings. The number of thiophene rings is 1. The Kier molecular flexibility index (Phi) is 2.65. The number of benzene rings is 1. The van der Waals surface area contributed by atoms with Crippen molar-refractivity contribution in [3.05, 3.63) is 23.3 Å². The molecule has 0 spiro atoms. The van der Waals surface area contributed by atoms with Crippen molar-refractivity contribution in [2.75, 3.05) is 6.61 Å². The van der Waals surface area contributed by atoms with E-state index in [0.29, 0.717) is 11.5 Å². The Hall–Kier alpha value is -0.740. The molecule has 4 heteroatoms. The van der Waals surface area contributed by atoms with Crippen LogP contribution in [-0.2, 0) is 0 Å². The van der Waals surface area contributed by atoms with Gasteiger partial charge in [-0.15, -0.1) is 24.0 Å². The summed E-state index contributed by atoms with van der Waals surface area (Å²) in [5, 5.41) is 2.76. The van der Waals surface area contributed by atoms with E-state index in [1.165, 1.54) is 0 Å². The van der Waals surface area contributed by atoms with Crippen molar-refractivity contribution in [1.82, 2.24) is 0 Å². The van der Waals surface area contributed by atoms with E-state index in [0.717, 1.165) is 10.1 Å². The lowest BCUT2D eigenvalue weighted by atomic mass is 10.2. The van der Waals surface area contributed by atoms with Gasteiger partial charge < -0.3 is 4.74 Å². The SMILES string of the molecule is CCOc1cc2sccc2c(S)c1F. The largest absolute Gasteiger partial charge is 0.491 e. The number of rotatable bonds is 2. The highest BCUT2D eigenvalue weighted by Crippen LogP contribution is 2.34. The first kappa shape index (κ1) is 9.80. The van der Waals surface area contributed by atoms with Gasteiger partial charge in [0.2, 0.25) is 0 Å². The lowest BCUT2D eigenvalue weighted by Gasteiger charge is -2.06. The molecule has 0 aliphatic heterocycles. The fourth-order valence-electron chi connectivity index (χ4n) is 1.31. The Balaban J connectivity index is 2.67. The summed E-state index contributed by atoms with van der Waals surface area (Å²) >= 11 is 5.70. The van der Waals surface area contributed by atoms with Crippen LogP contribution < -0.4 is 4.74 Å². The van der Waals surface area contributed by atoms with Gasteiger partial charge in [-0.25, -0.2) is 4.39 Å². The van der Waals surface area contributed by atoms with Crippen LogP contribution in [-0.4, -0.2) is 6.61 Å². The summed E-state index contributed by atoms with van der Waals surface area (Å²) in [6.07, 6.45) is 0. The van der Waals surface area contributed by atoms with Gasteiger partial charge in [-0.1, -0.05) is 0 Å². The summed E-state index contributed by atoms with van der Waals surface area (Å²) < 4.78 is 19.8. The standard InChI is InChI=1S/C10H9FOS2/c1-2-12-7-5-8-6(3-4-14-8)10(13)9(7)11/h3-5,13H,2H2,1H3. The van der Waals surface area contributed by atoms with Crippen LogP contribution in [0.15, 0.2) is 22.4 Å². The van der Waals surface area contributed by atoms with Gasteiger partial charge in [0.15, 0.2) is 11.6 Å². The fraction of sp³-hybridized carbons (Fsp3) is 0.200. The minimum atomic E-state index is -0.374. The lowest BCUT2D eigenvalue weighted by Crippen LogP contribution is -1.95. The molecule has 0 unspecified atom stereocenters. The maximum absolute atomic E-state index is 13.6. The number of fused-ring (bicyclic) bond motifs is 1. The molecule has 1 aromatic carbocycles. The zero-order valence-electron chi connectivity index (χ0n) is 7.58. The second-order valence-corrected chi connectivity index (χ2v) is 4.20. The Morgan fingerprint density at radius 1 is 1.57 bits per heavy atom. The van der Waals surface area contributed by atoms with Crippen LogP contribution in [0.4, 0.5) is 4.39 Å². The van der Waals surface area contributed by atoms with Gasteiger partial charge >= 0.3 is 0 Å². The monoisotopic (exact) mass is 228 g/mol. The van der Waals surface area contributed by atoms with E-state index < -0.39 is 0 Å². The molecule has 0 radical (unpaired) electrons. The van der Waals surface area contributed by atoms with Crippen molar-refractivity contribution in [2.45, 2.75) is 11.8 Å². The van der Waals surface area contributed by atoms with E-state index in [2.05, 4.69) is 12.6 Å². The number of hydrogen-bond acceptors (Lipinski definition) is 3. The molecule has 0 saturated carbocycles. The molecule has 1 heterocycles. The second-order valence-electron chi connectivity index (χ2n) is 2.80. The van der Waals surface area contributed by atoms with Crippen LogP contribution in [0.1, 0.15) is 6.92 Å². The Morgan fingerprint density at radius 3 is 3.07 bits per heavy atom. The highest BCUT2D eigenvalue weighted by Gasteiger charge is 2.12. The Bertz CT molecular complexity index is 464. The molecule has 1 nitrogen and oxygen atoms in total. The highest BCUT2D eigenvalue weighted by atomic mass is 32.1. The van der Waals surface area contributed by atoms with Gasteiger partial charge in [0.1, 0.15) is 0 Å². The Labute approximate surface area is 90.9 Å². The van der Waals surface area contributed by atoms with Gasteiger partial charge in [0, 0.05) is 16.2 Å². The van der Waals surface area contributed by atoms with Gasteiger partial charge in [0.25, 0.3) is 0 Å². The van der Waals surface area contributed by atoms with Crippen molar-refractivity contribution >= 4 is 34.1 Å². The third kappa shape index (κ3) is 1.48. The van der Waals surface area contributed by atoms with Gasteiger partial charge in [-0.3, -0.25) is 0 Å². The molecule has 0 N–H and O–H groups in total. The minimum absolute atomic E-state index is 0.285. The third-order valence-corrected chi connectivity index (χ3v) is 3.24. The molecule has 0 saturated heterocycles. The number of halogens is 1. The highest BCUT2D eigenvalue weighted by molar-refractivity contribution is 7.80. The normalized spacial score (nSPS) is 10.8. The van der Waals surface area contributed by atoms with E-state index in [-0.39, 0.29) is 11.6 Å². The van der Waals surface area contributed by atoms with Gasteiger partial charge in [-0.05, 0) is 18.4 Å². The van der Waals surface area contributed by atoms with Crippen LogP contribution in [0.3, 0.4) is 0 Å². The first-order chi connectivity index (χ1) is 6.74. The molecule has 1 aromatic heterocycles. The summed E-state index contributed by atoms with van der Waals surface area (Å²) in [6.45, 7) is 2.29. The van der Waals surface area contributed by atoms with Crippen LogP contribution in [0.5, 0.6) is 5.75 Å². The molecule has 0 bridgehead atoms. The number of hydrogen-bond donors (Lipinski definition) is 1. The van der Waals surface area contributed by atoms with Crippen molar-refractivity contribution in [1.29, 1.82) is 0 Å². The number of thiol groups is 1. The molecule has 0 atom stereocenters. The Morgan fingerprint density at radius 2 is 2.36 bits per heavy atom. The van der Waals surface area contributed by atoms with Crippen molar-refractivity contribution < 1.29 is 9.13 Å². The van der Waals surface area contributed by atoms with Gasteiger partial charge in [-0.2, -0.15) is 0 Å². The topological polar surface area (TPSA) is 9.23 Å². The molecule has 0 fully saturated rings. The summed E-state index contributed by atoms with van der Waals surface area (Å²) in [7, 11) is 0. The van der Waals surface area contributed by atoms with E-state index in [9.17, 15) is 4.39 Å². The molecular formula is C10H9FOS2. The van der Waals surface area contributed by atoms with Crippen molar-refractivity contribution in [3.63, 3.8) is 0 Å². The summed E-state index contributed by atoms with van der Waals surface area (Å²) in [5.74, 6) is -0.0893. The predicted octanol–water partition coefficient (Wildman–Crippen LogP) is 3.73. The summed E-state index contributed by atoms with van der Waals surface area (Å²) in [5.41, 5.74) is 0. The predicted molar refractivity (Wildman–Crippen MR) is 60.2 cm³/mol. The van der Waals surface area contributed by atoms with Crippen LogP contribution >= 0.6 is 24.0 Å². The summed E-state index contributed by atoms with van der Waals surface area (Å²) in [6, 6.07) is 3.58. The lowest BCUT2D eigenvalue weighted by molar-refractivity contribution is 0.319. The first-order valence-corrected chi connectivity index (χ1v) is 5.58. The average Bonchev–Trinajstić information content (AvgIpc) is 2.62. The van der Waals surface area contributed by atoms with Crippen molar-refractivity contribution in [3.8, 4) is 5.75 Å². The molecule has 2 rings (SSSR count). The zero-order chi connectivity index (χ0) is 10.1. The first-order valence-electron chi connectivity index (χ1n) is 4.25. The molecule has 0 amide bonds. The zero-order valence-corrected chi connectivity index (χ0v) is 9.29. The van der Waals surface area contributed by atoms with E-state index in [1.54, 1.807) is 17.4 Å². The molecule has 2 aromatic rings. The molecule has 74 valence electrons. The van der Waals surface area contributed by atoms with Crippen LogP contribution in [0.2, 0.25) is 0 Å². The fourth-order valence-corrected chi connectivity index (χ4v) is 2.51. The minimum Gasteiger partial charge on any atom is -0.491 e.